The third-order valence-corrected chi connectivity index (χ3v) is 5.41. The van der Waals surface area contributed by atoms with E-state index < -0.39 is 11.6 Å². The molecule has 0 saturated heterocycles. The van der Waals surface area contributed by atoms with E-state index in [1.54, 1.807) is 24.7 Å². The molecule has 0 bridgehead atoms. The molecule has 9 heteroatoms. The fraction of sp³-hybridized carbons (Fsp3) is 0.160. The lowest BCUT2D eigenvalue weighted by Crippen LogP contribution is -2.03. The summed E-state index contributed by atoms with van der Waals surface area (Å²) in [7, 11) is 1.63. The SMILES string of the molecule is CC#Cc1c(Cc2nc3c(F)c(F)ccc3[nH]2)nc2c(NCc3ccc(OC)cc3)ccnn12. The Hall–Kier alpha value is -4.45. The van der Waals surface area contributed by atoms with Gasteiger partial charge in [-0.1, -0.05) is 18.1 Å². The normalized spacial score (nSPS) is 10.9. The zero-order valence-corrected chi connectivity index (χ0v) is 18.5. The highest BCUT2D eigenvalue weighted by molar-refractivity contribution is 5.76. The number of nitrogens with one attached hydrogen (secondary N) is 2. The van der Waals surface area contributed by atoms with Gasteiger partial charge in [-0.3, -0.25) is 0 Å². The number of aromatic nitrogens is 5. The van der Waals surface area contributed by atoms with Crippen LogP contribution in [-0.2, 0) is 13.0 Å². The number of H-pyrrole nitrogens is 1. The predicted octanol–water partition coefficient (Wildman–Crippen LogP) is 4.47. The number of imidazole rings is 2. The van der Waals surface area contributed by atoms with E-state index in [0.717, 1.165) is 23.1 Å². The Kier molecular flexibility index (Phi) is 5.55. The van der Waals surface area contributed by atoms with Gasteiger partial charge in [-0.25, -0.2) is 23.3 Å². The summed E-state index contributed by atoms with van der Waals surface area (Å²) in [4.78, 5) is 12.0. The van der Waals surface area contributed by atoms with E-state index in [1.807, 2.05) is 30.3 Å². The molecule has 0 spiro atoms. The van der Waals surface area contributed by atoms with E-state index in [-0.39, 0.29) is 11.9 Å². The Morgan fingerprint density at radius 3 is 2.68 bits per heavy atom. The molecule has 0 unspecified atom stereocenters. The van der Waals surface area contributed by atoms with Crippen molar-refractivity contribution in [3.8, 4) is 17.6 Å². The van der Waals surface area contributed by atoms with Gasteiger partial charge < -0.3 is 15.0 Å². The molecule has 0 fully saturated rings. The minimum atomic E-state index is -0.977. The highest BCUT2D eigenvalue weighted by Gasteiger charge is 2.18. The van der Waals surface area contributed by atoms with Gasteiger partial charge >= 0.3 is 0 Å². The number of nitrogens with zero attached hydrogens (tertiary/aromatic N) is 4. The fourth-order valence-electron chi connectivity index (χ4n) is 3.75. The van der Waals surface area contributed by atoms with Gasteiger partial charge in [0.25, 0.3) is 0 Å². The number of benzene rings is 2. The molecular weight excluding hydrogens is 438 g/mol. The number of rotatable bonds is 6. The van der Waals surface area contributed by atoms with Crippen LogP contribution in [0.5, 0.6) is 5.75 Å². The van der Waals surface area contributed by atoms with Gasteiger partial charge in [0.2, 0.25) is 0 Å². The summed E-state index contributed by atoms with van der Waals surface area (Å²) in [5.41, 5.74) is 4.08. The third kappa shape index (κ3) is 3.90. The molecule has 7 nitrogen and oxygen atoms in total. The van der Waals surface area contributed by atoms with E-state index in [1.165, 1.54) is 6.07 Å². The van der Waals surface area contributed by atoms with Crippen LogP contribution in [0.1, 0.15) is 29.7 Å². The third-order valence-electron chi connectivity index (χ3n) is 5.41. The second-order valence-corrected chi connectivity index (χ2v) is 7.58. The van der Waals surface area contributed by atoms with Crippen LogP contribution in [0, 0.1) is 23.5 Å². The van der Waals surface area contributed by atoms with Crippen LogP contribution in [-0.4, -0.2) is 31.7 Å². The van der Waals surface area contributed by atoms with Crippen molar-refractivity contribution in [3.63, 3.8) is 0 Å². The van der Waals surface area contributed by atoms with Crippen molar-refractivity contribution in [3.05, 3.63) is 83.1 Å². The van der Waals surface area contributed by atoms with Crippen molar-refractivity contribution in [1.29, 1.82) is 0 Å². The van der Waals surface area contributed by atoms with Crippen LogP contribution >= 0.6 is 0 Å². The first kappa shape index (κ1) is 21.4. The summed E-state index contributed by atoms with van der Waals surface area (Å²) in [5, 5.41) is 7.82. The van der Waals surface area contributed by atoms with Crippen molar-refractivity contribution in [2.24, 2.45) is 0 Å². The second-order valence-electron chi connectivity index (χ2n) is 7.58. The maximum Gasteiger partial charge on any atom is 0.186 e. The molecule has 3 aromatic heterocycles. The average Bonchev–Trinajstić information content (AvgIpc) is 3.43. The average molecular weight is 458 g/mol. The van der Waals surface area contributed by atoms with Crippen LogP contribution in [0.2, 0.25) is 0 Å². The van der Waals surface area contributed by atoms with Gasteiger partial charge in [0.1, 0.15) is 22.8 Å². The van der Waals surface area contributed by atoms with E-state index >= 15 is 0 Å². The minimum absolute atomic E-state index is 0.0399. The molecule has 5 aromatic rings. The van der Waals surface area contributed by atoms with Crippen LogP contribution in [0.4, 0.5) is 14.5 Å². The number of methoxy groups -OCH3 is 1. The summed E-state index contributed by atoms with van der Waals surface area (Å²) >= 11 is 0. The zero-order valence-electron chi connectivity index (χ0n) is 18.5. The highest BCUT2D eigenvalue weighted by atomic mass is 19.2. The Labute approximate surface area is 193 Å². The molecule has 5 rings (SSSR count). The Morgan fingerprint density at radius 1 is 1.09 bits per heavy atom. The number of fused-ring (bicyclic) bond motifs is 2. The van der Waals surface area contributed by atoms with Crippen LogP contribution in [0.25, 0.3) is 16.7 Å². The standard InChI is InChI=1S/C25H20F2N6O/c1-3-4-21-20(13-22-30-18-10-9-17(26)23(27)24(18)32-22)31-25-19(11-12-29-33(21)25)28-14-15-5-7-16(34-2)8-6-15/h5-12,28H,13-14H2,1-2H3,(H,30,32). The summed E-state index contributed by atoms with van der Waals surface area (Å²) in [5.74, 6) is 5.29. The highest BCUT2D eigenvalue weighted by Crippen LogP contribution is 2.23. The van der Waals surface area contributed by atoms with Crippen LogP contribution in [0.15, 0.2) is 48.7 Å². The van der Waals surface area contributed by atoms with Crippen molar-refractivity contribution in [2.75, 3.05) is 12.4 Å². The molecule has 0 saturated carbocycles. The minimum Gasteiger partial charge on any atom is -0.497 e. The summed E-state index contributed by atoms with van der Waals surface area (Å²) in [6.45, 7) is 2.31. The maximum atomic E-state index is 14.1. The molecular formula is C25H20F2N6O. The predicted molar refractivity (Wildman–Crippen MR) is 125 cm³/mol. The molecule has 170 valence electrons. The van der Waals surface area contributed by atoms with Crippen LogP contribution in [0.3, 0.4) is 0 Å². The topological polar surface area (TPSA) is 80.1 Å². The number of aromatic amines is 1. The largest absolute Gasteiger partial charge is 0.497 e. The van der Waals surface area contributed by atoms with Gasteiger partial charge in [-0.15, -0.1) is 0 Å². The van der Waals surface area contributed by atoms with E-state index in [9.17, 15) is 8.78 Å². The number of hydrogen-bond acceptors (Lipinski definition) is 5. The van der Waals surface area contributed by atoms with Crippen molar-refractivity contribution in [2.45, 2.75) is 19.9 Å². The quantitative estimate of drug-likeness (QED) is 0.367. The lowest BCUT2D eigenvalue weighted by Gasteiger charge is -2.08. The Morgan fingerprint density at radius 2 is 1.91 bits per heavy atom. The van der Waals surface area contributed by atoms with E-state index in [0.29, 0.717) is 34.9 Å². The first-order chi connectivity index (χ1) is 16.6. The van der Waals surface area contributed by atoms with Gasteiger partial charge in [0.05, 0.1) is 36.6 Å². The molecule has 0 radical (unpaired) electrons. The first-order valence-corrected chi connectivity index (χ1v) is 10.6. The first-order valence-electron chi connectivity index (χ1n) is 10.6. The van der Waals surface area contributed by atoms with Gasteiger partial charge in [0.15, 0.2) is 17.3 Å². The number of hydrogen-bond donors (Lipinski definition) is 2. The molecule has 0 aliphatic carbocycles. The molecule has 3 heterocycles. The zero-order chi connectivity index (χ0) is 23.7. The van der Waals surface area contributed by atoms with Crippen LogP contribution < -0.4 is 10.1 Å². The van der Waals surface area contributed by atoms with E-state index in [2.05, 4.69) is 32.2 Å². The smallest absolute Gasteiger partial charge is 0.186 e. The molecule has 2 N–H and O–H groups in total. The molecule has 34 heavy (non-hydrogen) atoms. The lowest BCUT2D eigenvalue weighted by molar-refractivity contribution is 0.414. The maximum absolute atomic E-state index is 14.1. The Balaban J connectivity index is 1.49. The number of anilines is 1. The monoisotopic (exact) mass is 458 g/mol. The van der Waals surface area contributed by atoms with Crippen molar-refractivity contribution >= 4 is 22.4 Å². The van der Waals surface area contributed by atoms with Gasteiger partial charge in [-0.05, 0) is 48.7 Å². The Bertz CT molecular complexity index is 1560. The van der Waals surface area contributed by atoms with Gasteiger partial charge in [-0.2, -0.15) is 5.10 Å². The number of ether oxygens (including phenoxy) is 1. The van der Waals surface area contributed by atoms with Crippen molar-refractivity contribution < 1.29 is 13.5 Å². The second kappa shape index (κ2) is 8.83. The molecule has 0 aliphatic rings. The summed E-state index contributed by atoms with van der Waals surface area (Å²) in [6.07, 6.45) is 1.93. The molecule has 2 aromatic carbocycles. The van der Waals surface area contributed by atoms with Crippen molar-refractivity contribution in [1.82, 2.24) is 24.6 Å². The van der Waals surface area contributed by atoms with Gasteiger partial charge in [0, 0.05) is 6.54 Å². The molecule has 0 amide bonds. The molecule has 0 atom stereocenters. The number of halogens is 2. The summed E-state index contributed by atoms with van der Waals surface area (Å²) < 4.78 is 34.6. The molecule has 0 aliphatic heterocycles. The van der Waals surface area contributed by atoms with E-state index in [4.69, 9.17) is 9.72 Å². The fourth-order valence-corrected chi connectivity index (χ4v) is 3.75. The lowest BCUT2D eigenvalue weighted by atomic mass is 10.2. The summed E-state index contributed by atoms with van der Waals surface area (Å²) in [6, 6.07) is 12.2.